The summed E-state index contributed by atoms with van der Waals surface area (Å²) in [7, 11) is 0. The largest absolute Gasteiger partial charge is 0.480 e. The molecule has 2 rings (SSSR count). The molecule has 2 aromatic rings. The number of nitrogens with zero attached hydrogens (tertiary/aromatic N) is 2. The zero-order chi connectivity index (χ0) is 15.1. The number of hydrogen-bond acceptors (Lipinski definition) is 4. The van der Waals surface area contributed by atoms with Gasteiger partial charge in [-0.05, 0) is 26.0 Å². The third kappa shape index (κ3) is 2.03. The van der Waals surface area contributed by atoms with Gasteiger partial charge in [0.05, 0.1) is 10.4 Å². The molecule has 0 spiro atoms. The van der Waals surface area contributed by atoms with Crippen molar-refractivity contribution in [3.05, 3.63) is 50.8 Å². The summed E-state index contributed by atoms with van der Waals surface area (Å²) < 4.78 is 1.12. The lowest BCUT2D eigenvalue weighted by Crippen LogP contribution is -2.42. The van der Waals surface area contributed by atoms with Crippen LogP contribution in [0, 0.1) is 10.1 Å². The number of nitro benzene ring substituents is 1. The van der Waals surface area contributed by atoms with E-state index in [1.165, 1.54) is 44.2 Å². The van der Waals surface area contributed by atoms with Crippen molar-refractivity contribution in [2.24, 2.45) is 0 Å². The van der Waals surface area contributed by atoms with Crippen molar-refractivity contribution < 1.29 is 14.8 Å². The minimum Gasteiger partial charge on any atom is -0.480 e. The fourth-order valence-electron chi connectivity index (χ4n) is 2.02. The molecule has 0 bridgehead atoms. The summed E-state index contributed by atoms with van der Waals surface area (Å²) in [5.74, 6) is -1.16. The lowest BCUT2D eigenvalue weighted by molar-refractivity contribution is -0.384. The number of carboxylic acid groups (broad SMARTS) is 1. The number of aromatic nitrogens is 1. The number of benzene rings is 1. The maximum absolute atomic E-state index is 12.0. The Kier molecular flexibility index (Phi) is 3.05. The Morgan fingerprint density at radius 2 is 1.95 bits per heavy atom. The highest BCUT2D eigenvalue weighted by Crippen LogP contribution is 2.24. The second-order valence-corrected chi connectivity index (χ2v) is 4.87. The molecule has 0 unspecified atom stereocenters. The summed E-state index contributed by atoms with van der Waals surface area (Å²) in [6.07, 6.45) is 0. The van der Waals surface area contributed by atoms with E-state index >= 15 is 0 Å². The fourth-order valence-corrected chi connectivity index (χ4v) is 2.02. The number of pyridine rings is 1. The van der Waals surface area contributed by atoms with E-state index in [9.17, 15) is 24.8 Å². The number of fused-ring (bicyclic) bond motifs is 1. The van der Waals surface area contributed by atoms with Crippen LogP contribution in [0.15, 0.2) is 35.1 Å². The van der Waals surface area contributed by atoms with Crippen LogP contribution in [-0.4, -0.2) is 20.6 Å². The van der Waals surface area contributed by atoms with E-state index in [1.54, 1.807) is 0 Å². The Hall–Kier alpha value is -2.70. The Labute approximate surface area is 113 Å². The monoisotopic (exact) mass is 276 g/mol. The highest BCUT2D eigenvalue weighted by molar-refractivity contribution is 5.85. The molecule has 0 fully saturated rings. The Morgan fingerprint density at radius 3 is 2.50 bits per heavy atom. The first-order valence-electron chi connectivity index (χ1n) is 5.79. The van der Waals surface area contributed by atoms with Crippen LogP contribution in [0.4, 0.5) is 5.69 Å². The predicted octanol–water partition coefficient (Wildman–Crippen LogP) is 1.73. The van der Waals surface area contributed by atoms with Gasteiger partial charge in [0.2, 0.25) is 0 Å². The van der Waals surface area contributed by atoms with Gasteiger partial charge in [-0.2, -0.15) is 0 Å². The van der Waals surface area contributed by atoms with Crippen LogP contribution in [-0.2, 0) is 10.3 Å². The summed E-state index contributed by atoms with van der Waals surface area (Å²) in [5, 5.41) is 20.4. The molecule has 0 aliphatic carbocycles. The molecule has 1 aromatic carbocycles. The molecule has 104 valence electrons. The number of hydrogen-bond donors (Lipinski definition) is 1. The highest BCUT2D eigenvalue weighted by atomic mass is 16.6. The average molecular weight is 276 g/mol. The van der Waals surface area contributed by atoms with Gasteiger partial charge in [0.15, 0.2) is 0 Å². The first-order chi connectivity index (χ1) is 9.25. The molecule has 1 heterocycles. The van der Waals surface area contributed by atoms with Gasteiger partial charge in [0.1, 0.15) is 5.54 Å². The Morgan fingerprint density at radius 1 is 1.30 bits per heavy atom. The zero-order valence-corrected chi connectivity index (χ0v) is 10.9. The zero-order valence-electron chi connectivity index (χ0n) is 10.9. The van der Waals surface area contributed by atoms with Crippen molar-refractivity contribution in [1.29, 1.82) is 0 Å². The molecule has 7 heteroatoms. The summed E-state index contributed by atoms with van der Waals surface area (Å²) in [6, 6.07) is 6.59. The van der Waals surface area contributed by atoms with E-state index in [-0.39, 0.29) is 5.69 Å². The molecular weight excluding hydrogens is 264 g/mol. The molecule has 1 aromatic heterocycles. The van der Waals surface area contributed by atoms with E-state index in [1.807, 2.05) is 0 Å². The van der Waals surface area contributed by atoms with Gasteiger partial charge < -0.3 is 5.11 Å². The number of nitro groups is 1. The minimum absolute atomic E-state index is 0.115. The first-order valence-corrected chi connectivity index (χ1v) is 5.79. The van der Waals surface area contributed by atoms with Gasteiger partial charge in [-0.25, -0.2) is 4.79 Å². The topological polar surface area (TPSA) is 102 Å². The van der Waals surface area contributed by atoms with Crippen molar-refractivity contribution in [3.8, 4) is 0 Å². The molecule has 1 N–H and O–H groups in total. The van der Waals surface area contributed by atoms with Crippen LogP contribution in [0.5, 0.6) is 0 Å². The third-order valence-electron chi connectivity index (χ3n) is 3.17. The van der Waals surface area contributed by atoms with Gasteiger partial charge in [0, 0.05) is 23.6 Å². The highest BCUT2D eigenvalue weighted by Gasteiger charge is 2.31. The number of aliphatic carboxylic acids is 1. The number of carbonyl (C=O) groups is 1. The van der Waals surface area contributed by atoms with Gasteiger partial charge in [0.25, 0.3) is 11.2 Å². The number of rotatable bonds is 3. The molecule has 20 heavy (non-hydrogen) atoms. The van der Waals surface area contributed by atoms with Crippen molar-refractivity contribution in [2.45, 2.75) is 19.4 Å². The van der Waals surface area contributed by atoms with Crippen molar-refractivity contribution in [2.75, 3.05) is 0 Å². The van der Waals surface area contributed by atoms with E-state index < -0.39 is 22.0 Å². The second-order valence-electron chi connectivity index (χ2n) is 4.87. The smallest absolute Gasteiger partial charge is 0.329 e. The molecule has 0 aliphatic rings. The van der Waals surface area contributed by atoms with Crippen LogP contribution >= 0.6 is 0 Å². The Bertz CT molecular complexity index is 776. The number of carboxylic acids is 1. The first kappa shape index (κ1) is 13.7. The molecule has 0 saturated carbocycles. The maximum Gasteiger partial charge on any atom is 0.329 e. The predicted molar refractivity (Wildman–Crippen MR) is 71.8 cm³/mol. The quantitative estimate of drug-likeness (QED) is 0.679. The van der Waals surface area contributed by atoms with Gasteiger partial charge in [-0.1, -0.05) is 0 Å². The number of non-ortho nitro benzene ring substituents is 1. The fraction of sp³-hybridized carbons (Fsp3) is 0.231. The minimum atomic E-state index is -1.45. The molecule has 0 aliphatic heterocycles. The molecular formula is C13H12N2O5. The normalized spacial score (nSPS) is 11.5. The summed E-state index contributed by atoms with van der Waals surface area (Å²) in [4.78, 5) is 33.5. The van der Waals surface area contributed by atoms with Crippen molar-refractivity contribution in [3.63, 3.8) is 0 Å². The maximum atomic E-state index is 12.0. The molecule has 0 radical (unpaired) electrons. The van der Waals surface area contributed by atoms with Crippen LogP contribution in [0.2, 0.25) is 0 Å². The summed E-state index contributed by atoms with van der Waals surface area (Å²) in [5.41, 5.74) is -1.70. The van der Waals surface area contributed by atoms with Crippen LogP contribution in [0.25, 0.3) is 10.9 Å². The van der Waals surface area contributed by atoms with E-state index in [0.717, 1.165) is 4.57 Å². The van der Waals surface area contributed by atoms with Crippen LogP contribution in [0.3, 0.4) is 0 Å². The van der Waals surface area contributed by atoms with Crippen LogP contribution < -0.4 is 5.56 Å². The van der Waals surface area contributed by atoms with Gasteiger partial charge in [-0.15, -0.1) is 0 Å². The summed E-state index contributed by atoms with van der Waals surface area (Å²) in [6.45, 7) is 2.80. The molecule has 0 saturated heterocycles. The molecule has 7 nitrogen and oxygen atoms in total. The van der Waals surface area contributed by atoms with Gasteiger partial charge >= 0.3 is 5.97 Å². The van der Waals surface area contributed by atoms with Crippen molar-refractivity contribution >= 4 is 22.6 Å². The van der Waals surface area contributed by atoms with E-state index in [2.05, 4.69) is 0 Å². The van der Waals surface area contributed by atoms with E-state index in [4.69, 9.17) is 0 Å². The standard InChI is InChI=1S/C13H12N2O5/c1-13(2,12(17)18)14-10-5-4-9(15(19)20)7-8(10)3-6-11(14)16/h3-7H,1-2H3,(H,17,18). The Balaban J connectivity index is 2.85. The lowest BCUT2D eigenvalue weighted by atomic mass is 10.0. The molecule has 0 atom stereocenters. The van der Waals surface area contributed by atoms with Crippen molar-refractivity contribution in [1.82, 2.24) is 4.57 Å². The van der Waals surface area contributed by atoms with Gasteiger partial charge in [-0.3, -0.25) is 19.5 Å². The summed E-state index contributed by atoms with van der Waals surface area (Å²) >= 11 is 0. The average Bonchev–Trinajstić information content (AvgIpc) is 2.37. The molecule has 0 amide bonds. The SMILES string of the molecule is CC(C)(C(=O)O)n1c(=O)ccc2cc([N+](=O)[O-])ccc21. The van der Waals surface area contributed by atoms with E-state index in [0.29, 0.717) is 10.9 Å². The van der Waals surface area contributed by atoms with Crippen LogP contribution in [0.1, 0.15) is 13.8 Å². The second kappa shape index (κ2) is 4.44. The third-order valence-corrected chi connectivity index (χ3v) is 3.17. The lowest BCUT2D eigenvalue weighted by Gasteiger charge is -2.24.